The first-order valence-corrected chi connectivity index (χ1v) is 13.7. The van der Waals surface area contributed by atoms with E-state index in [0.717, 1.165) is 11.0 Å². The summed E-state index contributed by atoms with van der Waals surface area (Å²) in [4.78, 5) is 27.0. The Kier molecular flexibility index (Phi) is 9.52. The van der Waals surface area contributed by atoms with Crippen LogP contribution in [0.2, 0.25) is 10.0 Å². The van der Waals surface area contributed by atoms with E-state index in [4.69, 9.17) is 23.2 Å². The molecule has 0 aliphatic rings. The minimum absolute atomic E-state index is 0.111. The minimum atomic E-state index is -4.81. The Morgan fingerprint density at radius 2 is 1.59 bits per heavy atom. The molecule has 3 rings (SSSR count). The van der Waals surface area contributed by atoms with Crippen LogP contribution in [0.5, 0.6) is 0 Å². The van der Waals surface area contributed by atoms with E-state index >= 15 is 0 Å². The van der Waals surface area contributed by atoms with Crippen LogP contribution in [0.3, 0.4) is 0 Å². The quantitative estimate of drug-likeness (QED) is 0.357. The van der Waals surface area contributed by atoms with Crippen molar-refractivity contribution in [1.82, 2.24) is 10.2 Å². The van der Waals surface area contributed by atoms with E-state index in [1.807, 2.05) is 0 Å². The number of nitrogens with zero attached hydrogens (tertiary/aromatic N) is 2. The number of sulfonamides is 1. The van der Waals surface area contributed by atoms with Gasteiger partial charge in [0, 0.05) is 18.6 Å². The molecule has 1 atom stereocenters. The van der Waals surface area contributed by atoms with Gasteiger partial charge in [-0.05, 0) is 55.0 Å². The topological polar surface area (TPSA) is 86.8 Å². The van der Waals surface area contributed by atoms with E-state index in [1.165, 1.54) is 38.2 Å². The summed E-state index contributed by atoms with van der Waals surface area (Å²) in [7, 11) is -3.21. The molecule has 0 fully saturated rings. The summed E-state index contributed by atoms with van der Waals surface area (Å²) in [5.41, 5.74) is -1.11. The predicted octanol–water partition coefficient (Wildman–Crippen LogP) is 5.37. The van der Waals surface area contributed by atoms with Crippen molar-refractivity contribution >= 4 is 50.7 Å². The summed E-state index contributed by atoms with van der Waals surface area (Å²) in [5, 5.41) is 2.56. The second-order valence-corrected chi connectivity index (χ2v) is 11.1. The van der Waals surface area contributed by atoms with E-state index < -0.39 is 51.9 Å². The Morgan fingerprint density at radius 1 is 0.974 bits per heavy atom. The first-order valence-electron chi connectivity index (χ1n) is 11.5. The van der Waals surface area contributed by atoms with E-state index in [9.17, 15) is 31.2 Å². The molecule has 2 amide bonds. The molecule has 39 heavy (non-hydrogen) atoms. The largest absolute Gasteiger partial charge is 0.416 e. The van der Waals surface area contributed by atoms with Gasteiger partial charge in [0.1, 0.15) is 12.6 Å². The second kappa shape index (κ2) is 12.3. The fraction of sp³-hybridized carbons (Fsp3) is 0.231. The molecule has 3 aromatic rings. The molecular weight excluding hydrogens is 578 g/mol. The van der Waals surface area contributed by atoms with Crippen LogP contribution in [0.1, 0.15) is 18.1 Å². The average Bonchev–Trinajstić information content (AvgIpc) is 2.90. The number of hydrogen-bond donors (Lipinski definition) is 1. The lowest BCUT2D eigenvalue weighted by molar-refractivity contribution is -0.139. The maximum Gasteiger partial charge on any atom is 0.416 e. The predicted molar refractivity (Wildman–Crippen MR) is 143 cm³/mol. The summed E-state index contributed by atoms with van der Waals surface area (Å²) in [5.74, 6) is -1.39. The van der Waals surface area contributed by atoms with Crippen molar-refractivity contribution in [3.8, 4) is 0 Å². The molecule has 0 aliphatic heterocycles. The fourth-order valence-corrected chi connectivity index (χ4v) is 5.53. The van der Waals surface area contributed by atoms with Crippen LogP contribution in [-0.2, 0) is 32.3 Å². The van der Waals surface area contributed by atoms with Crippen molar-refractivity contribution in [1.29, 1.82) is 0 Å². The van der Waals surface area contributed by atoms with Gasteiger partial charge in [0.15, 0.2) is 0 Å². The zero-order chi connectivity index (χ0) is 29.0. The number of anilines is 1. The normalized spacial score (nSPS) is 12.5. The number of rotatable bonds is 9. The molecular formula is C26H24Cl2F3N3O4S. The van der Waals surface area contributed by atoms with Crippen molar-refractivity contribution in [2.75, 3.05) is 17.9 Å². The van der Waals surface area contributed by atoms with Gasteiger partial charge in [0.2, 0.25) is 11.8 Å². The summed E-state index contributed by atoms with van der Waals surface area (Å²) < 4.78 is 68.5. The lowest BCUT2D eigenvalue weighted by atomic mass is 10.1. The van der Waals surface area contributed by atoms with Crippen LogP contribution < -0.4 is 9.62 Å². The van der Waals surface area contributed by atoms with Crippen LogP contribution in [0, 0.1) is 0 Å². The monoisotopic (exact) mass is 601 g/mol. The highest BCUT2D eigenvalue weighted by molar-refractivity contribution is 7.92. The summed E-state index contributed by atoms with van der Waals surface area (Å²) in [6, 6.07) is 14.5. The van der Waals surface area contributed by atoms with Crippen LogP contribution in [-0.4, -0.2) is 44.8 Å². The van der Waals surface area contributed by atoms with Gasteiger partial charge in [-0.3, -0.25) is 13.9 Å². The Morgan fingerprint density at radius 3 is 2.15 bits per heavy atom. The minimum Gasteiger partial charge on any atom is -0.357 e. The standard InChI is InChI=1S/C26H24Cl2F3N3O4S/c1-17(25(36)32-2)33(15-18-8-11-20(27)12-9-18)24(35)16-34(39(37,38)21-6-4-3-5-7-21)23-14-19(26(29,30)31)10-13-22(23)28/h3-14,17H,15-16H2,1-2H3,(H,32,36)/t17-/m0/s1. The van der Waals surface area contributed by atoms with E-state index in [0.29, 0.717) is 27.0 Å². The van der Waals surface area contributed by atoms with E-state index in [-0.39, 0.29) is 16.5 Å². The summed E-state index contributed by atoms with van der Waals surface area (Å²) >= 11 is 12.1. The Labute approximate surface area is 234 Å². The maximum atomic E-state index is 13.7. The van der Waals surface area contributed by atoms with Crippen molar-refractivity contribution in [2.24, 2.45) is 0 Å². The zero-order valence-electron chi connectivity index (χ0n) is 20.7. The molecule has 0 heterocycles. The average molecular weight is 602 g/mol. The van der Waals surface area contributed by atoms with Crippen molar-refractivity contribution in [3.63, 3.8) is 0 Å². The molecule has 0 saturated heterocycles. The van der Waals surface area contributed by atoms with Crippen molar-refractivity contribution < 1.29 is 31.2 Å². The number of alkyl halides is 3. The van der Waals surface area contributed by atoms with Gasteiger partial charge >= 0.3 is 6.18 Å². The number of carbonyl (C=O) groups excluding carboxylic acids is 2. The Bertz CT molecular complexity index is 1440. The zero-order valence-corrected chi connectivity index (χ0v) is 23.1. The number of likely N-dealkylation sites (N-methyl/N-ethyl adjacent to an activating group) is 1. The maximum absolute atomic E-state index is 13.7. The number of halogens is 5. The molecule has 13 heteroatoms. The molecule has 0 radical (unpaired) electrons. The van der Waals surface area contributed by atoms with Gasteiger partial charge in [-0.1, -0.05) is 53.5 Å². The third kappa shape index (κ3) is 7.23. The molecule has 0 aromatic heterocycles. The summed E-state index contributed by atoms with van der Waals surface area (Å²) in [6.07, 6.45) is -4.81. The van der Waals surface area contributed by atoms with Crippen molar-refractivity contribution in [3.05, 3.63) is 94.0 Å². The smallest absolute Gasteiger partial charge is 0.357 e. The number of nitrogens with one attached hydrogen (secondary N) is 1. The van der Waals surface area contributed by atoms with Crippen LogP contribution >= 0.6 is 23.2 Å². The summed E-state index contributed by atoms with van der Waals surface area (Å²) in [6.45, 7) is 0.396. The number of amides is 2. The molecule has 0 aliphatic carbocycles. The number of hydrogen-bond acceptors (Lipinski definition) is 4. The molecule has 0 bridgehead atoms. The third-order valence-electron chi connectivity index (χ3n) is 5.83. The van der Waals surface area contributed by atoms with Gasteiger partial charge in [-0.15, -0.1) is 0 Å². The number of carbonyl (C=O) groups is 2. The fourth-order valence-electron chi connectivity index (χ4n) is 3.69. The van der Waals surface area contributed by atoms with Gasteiger partial charge in [0.05, 0.1) is 21.2 Å². The lowest BCUT2D eigenvalue weighted by Gasteiger charge is -2.32. The first kappa shape index (κ1) is 30.3. The van der Waals surface area contributed by atoms with Gasteiger partial charge in [-0.2, -0.15) is 13.2 Å². The van der Waals surface area contributed by atoms with E-state index in [2.05, 4.69) is 5.32 Å². The highest BCUT2D eigenvalue weighted by Gasteiger charge is 2.36. The molecule has 7 nitrogen and oxygen atoms in total. The Hall–Kier alpha value is -3.28. The molecule has 0 spiro atoms. The molecule has 0 unspecified atom stereocenters. The molecule has 1 N–H and O–H groups in total. The van der Waals surface area contributed by atoms with Crippen LogP contribution in [0.4, 0.5) is 18.9 Å². The first-order chi connectivity index (χ1) is 18.3. The van der Waals surface area contributed by atoms with E-state index in [1.54, 1.807) is 30.3 Å². The van der Waals surface area contributed by atoms with Gasteiger partial charge in [-0.25, -0.2) is 8.42 Å². The highest BCUT2D eigenvalue weighted by atomic mass is 35.5. The second-order valence-electron chi connectivity index (χ2n) is 8.43. The lowest BCUT2D eigenvalue weighted by Crippen LogP contribution is -2.50. The number of benzene rings is 3. The SMILES string of the molecule is CNC(=O)[C@H](C)N(Cc1ccc(Cl)cc1)C(=O)CN(c1cc(C(F)(F)F)ccc1Cl)S(=O)(=O)c1ccccc1. The van der Waals surface area contributed by atoms with Gasteiger partial charge < -0.3 is 10.2 Å². The molecule has 3 aromatic carbocycles. The van der Waals surface area contributed by atoms with Crippen LogP contribution in [0.25, 0.3) is 0 Å². The molecule has 208 valence electrons. The highest BCUT2D eigenvalue weighted by Crippen LogP contribution is 2.37. The third-order valence-corrected chi connectivity index (χ3v) is 8.18. The van der Waals surface area contributed by atoms with Crippen LogP contribution in [0.15, 0.2) is 77.7 Å². The van der Waals surface area contributed by atoms with Crippen molar-refractivity contribution in [2.45, 2.75) is 30.6 Å². The Balaban J connectivity index is 2.12. The van der Waals surface area contributed by atoms with Gasteiger partial charge in [0.25, 0.3) is 10.0 Å². The molecule has 0 saturated carbocycles.